The number of nitrogens with one attached hydrogen (secondary N) is 2. The Morgan fingerprint density at radius 1 is 0.939 bits per heavy atom. The van der Waals surface area contributed by atoms with Gasteiger partial charge in [-0.3, -0.25) is 0 Å². The van der Waals surface area contributed by atoms with Crippen molar-refractivity contribution >= 4 is 21.5 Å². The van der Waals surface area contributed by atoms with Crippen LogP contribution in [0.1, 0.15) is 66.5 Å². The molecule has 0 aliphatic carbocycles. The quantitative estimate of drug-likeness (QED) is 0.314. The van der Waals surface area contributed by atoms with Gasteiger partial charge in [0.1, 0.15) is 0 Å². The molecule has 2 aromatic carbocycles. The van der Waals surface area contributed by atoms with Crippen LogP contribution in [0.25, 0.3) is 11.3 Å². The second kappa shape index (κ2) is 25.9. The zero-order valence-electron chi connectivity index (χ0n) is 21.8. The van der Waals surface area contributed by atoms with Crippen LogP contribution in [-0.4, -0.2) is 21.4 Å². The van der Waals surface area contributed by atoms with Crippen LogP contribution in [0.15, 0.2) is 59.0 Å². The van der Waals surface area contributed by atoms with Crippen molar-refractivity contribution in [3.63, 3.8) is 0 Å². The summed E-state index contributed by atoms with van der Waals surface area (Å²) in [4.78, 5) is 11.1. The van der Waals surface area contributed by atoms with Crippen LogP contribution in [-0.2, 0) is 66.1 Å². The zero-order valence-corrected chi connectivity index (χ0v) is 26.8. The SMILES string of the molecule is C/C(C([NH-])=O)=C(/C)c1ccccc1.CC.CC.CC.CNS(=O)(=O)c1c[c-]ccc1C.[V].[Y]. The van der Waals surface area contributed by atoms with Gasteiger partial charge in [0.25, 0.3) is 0 Å². The summed E-state index contributed by atoms with van der Waals surface area (Å²) in [6.45, 7) is 17.3. The summed E-state index contributed by atoms with van der Waals surface area (Å²) in [7, 11) is -1.92. The van der Waals surface area contributed by atoms with E-state index in [4.69, 9.17) is 5.73 Å². The Morgan fingerprint density at radius 2 is 1.39 bits per heavy atom. The van der Waals surface area contributed by atoms with Gasteiger partial charge in [-0.25, -0.2) is 13.1 Å². The van der Waals surface area contributed by atoms with Gasteiger partial charge in [0.15, 0.2) is 10.0 Å². The Bertz CT molecular complexity index is 872. The second-order valence-electron chi connectivity index (χ2n) is 5.34. The minimum Gasteiger partial charge on any atom is -0.664 e. The predicted octanol–water partition coefficient (Wildman–Crippen LogP) is 6.84. The number of carbonyl (C=O) groups excluding carboxylic acids is 1. The van der Waals surface area contributed by atoms with Gasteiger partial charge in [0.05, 0.1) is 5.91 Å². The number of rotatable bonds is 4. The van der Waals surface area contributed by atoms with Crippen LogP contribution in [0.2, 0.25) is 0 Å². The van der Waals surface area contributed by atoms with Gasteiger partial charge in [-0.1, -0.05) is 78.8 Å². The van der Waals surface area contributed by atoms with Crippen LogP contribution >= 0.6 is 0 Å². The van der Waals surface area contributed by atoms with Crippen molar-refractivity contribution in [3.8, 4) is 0 Å². The van der Waals surface area contributed by atoms with Crippen LogP contribution in [0.5, 0.6) is 0 Å². The van der Waals surface area contributed by atoms with Crippen molar-refractivity contribution in [2.75, 3.05) is 7.05 Å². The molecule has 2 radical (unpaired) electrons. The van der Waals surface area contributed by atoms with E-state index in [-0.39, 0.29) is 56.2 Å². The van der Waals surface area contributed by atoms with Gasteiger partial charge in [0.2, 0.25) is 0 Å². The number of hydrogen-bond donors (Lipinski definition) is 1. The largest absolute Gasteiger partial charge is 0.664 e. The second-order valence-corrected chi connectivity index (χ2v) is 7.20. The van der Waals surface area contributed by atoms with Gasteiger partial charge in [0, 0.05) is 51.3 Å². The number of allylic oxidation sites excluding steroid dienone is 1. The molecule has 0 aliphatic heterocycles. The molecular formula is C25H40N2O3SVY-2. The molecule has 1 amide bonds. The minimum atomic E-state index is -3.31. The van der Waals surface area contributed by atoms with E-state index >= 15 is 0 Å². The van der Waals surface area contributed by atoms with Gasteiger partial charge in [-0.2, -0.15) is 24.3 Å². The first-order valence-corrected chi connectivity index (χ1v) is 12.1. The Labute approximate surface area is 240 Å². The van der Waals surface area contributed by atoms with Gasteiger partial charge >= 0.3 is 0 Å². The fourth-order valence-corrected chi connectivity index (χ4v) is 2.90. The van der Waals surface area contributed by atoms with E-state index in [0.29, 0.717) is 5.57 Å². The molecule has 0 fully saturated rings. The Balaban J connectivity index is -0.000000123. The molecule has 0 aromatic heterocycles. The van der Waals surface area contributed by atoms with E-state index < -0.39 is 15.9 Å². The van der Waals surface area contributed by atoms with Crippen LogP contribution in [0.4, 0.5) is 0 Å². The smallest absolute Gasteiger partial charge is 0.193 e. The molecule has 2 aromatic rings. The first-order valence-electron chi connectivity index (χ1n) is 10.6. The van der Waals surface area contributed by atoms with Crippen molar-refractivity contribution in [1.29, 1.82) is 0 Å². The molecule has 0 unspecified atom stereocenters. The number of hydrogen-bond acceptors (Lipinski definition) is 3. The number of amides is 1. The number of carbonyl (C=O) groups is 1. The summed E-state index contributed by atoms with van der Waals surface area (Å²) in [6.07, 6.45) is 0. The maximum absolute atomic E-state index is 11.3. The summed E-state index contributed by atoms with van der Waals surface area (Å²) >= 11 is 0. The number of benzene rings is 2. The first kappa shape index (κ1) is 42.4. The van der Waals surface area contributed by atoms with Crippen LogP contribution in [0.3, 0.4) is 0 Å². The third-order valence-electron chi connectivity index (χ3n) is 3.70. The fraction of sp³-hybridized carbons (Fsp3) is 0.400. The summed E-state index contributed by atoms with van der Waals surface area (Å²) in [6, 6.07) is 17.2. The van der Waals surface area contributed by atoms with E-state index in [1.807, 2.05) is 78.8 Å². The monoisotopic (exact) mass is 588 g/mol. The molecule has 0 saturated carbocycles. The van der Waals surface area contributed by atoms with Gasteiger partial charge < -0.3 is 10.5 Å². The standard InChI is InChI=1S/C11H13NO.C8H10NO2S.3C2H6.V.Y/c1-8(9(2)11(12)13)10-6-4-3-5-7-10;1-7-5-3-4-6-8(7)12(10,11)9-2;3*1-2;;/h3-7H,1-2H3,(H2,12,13);3,5-6,9H,1-2H3;3*1-2H3;;/q;-1;;;;;/p-1/b9-8+;;;;;;. The molecule has 0 spiro atoms. The third kappa shape index (κ3) is 17.4. The van der Waals surface area contributed by atoms with Crippen LogP contribution < -0.4 is 4.72 Å². The maximum atomic E-state index is 11.3. The molecule has 0 saturated heterocycles. The average molecular weight is 589 g/mol. The molecule has 33 heavy (non-hydrogen) atoms. The molecule has 2 N–H and O–H groups in total. The van der Waals surface area contributed by atoms with Crippen LogP contribution in [0, 0.1) is 13.0 Å². The molecular weight excluding hydrogens is 548 g/mol. The van der Waals surface area contributed by atoms with Crippen molar-refractivity contribution in [2.24, 2.45) is 0 Å². The third-order valence-corrected chi connectivity index (χ3v) is 5.26. The van der Waals surface area contributed by atoms with Crippen molar-refractivity contribution in [3.05, 3.63) is 77.0 Å². The van der Waals surface area contributed by atoms with E-state index in [1.165, 1.54) is 13.1 Å². The summed E-state index contributed by atoms with van der Waals surface area (Å²) in [5.41, 5.74) is 10.1. The topological polar surface area (TPSA) is 87.0 Å². The van der Waals surface area contributed by atoms with Gasteiger partial charge in [-0.05, 0) is 42.5 Å². The van der Waals surface area contributed by atoms with E-state index in [0.717, 1.165) is 16.7 Å². The summed E-state index contributed by atoms with van der Waals surface area (Å²) < 4.78 is 24.8. The average Bonchev–Trinajstić information content (AvgIpc) is 2.83. The molecule has 0 aliphatic rings. The molecule has 8 heteroatoms. The van der Waals surface area contributed by atoms with E-state index in [1.54, 1.807) is 26.0 Å². The fourth-order valence-electron chi connectivity index (χ4n) is 1.97. The molecule has 5 nitrogen and oxygen atoms in total. The molecule has 0 atom stereocenters. The predicted molar refractivity (Wildman–Crippen MR) is 134 cm³/mol. The molecule has 2 rings (SSSR count). The maximum Gasteiger partial charge on any atom is 0.193 e. The van der Waals surface area contributed by atoms with E-state index in [2.05, 4.69) is 10.8 Å². The molecule has 0 bridgehead atoms. The van der Waals surface area contributed by atoms with Gasteiger partial charge in [-0.15, -0.1) is 5.56 Å². The Hall–Kier alpha value is -0.752. The van der Waals surface area contributed by atoms with Crippen molar-refractivity contribution in [2.45, 2.75) is 67.2 Å². The number of sulfonamides is 1. The minimum absolute atomic E-state index is 0. The molecule has 0 heterocycles. The normalized spacial score (nSPS) is 9.52. The number of aryl methyl sites for hydroxylation is 1. The Morgan fingerprint density at radius 3 is 1.76 bits per heavy atom. The van der Waals surface area contributed by atoms with E-state index in [9.17, 15) is 13.2 Å². The zero-order chi connectivity index (χ0) is 25.0. The first-order chi connectivity index (χ1) is 14.7. The summed E-state index contributed by atoms with van der Waals surface area (Å²) in [5, 5.41) is 0. The van der Waals surface area contributed by atoms with Crippen molar-refractivity contribution < 1.29 is 64.5 Å². The Kier molecular flexibility index (Phi) is 33.2. The molecule has 184 valence electrons. The summed E-state index contributed by atoms with van der Waals surface area (Å²) in [5.74, 6) is -0.610. The van der Waals surface area contributed by atoms with Crippen molar-refractivity contribution in [1.82, 2.24) is 4.72 Å².